The number of hydrogen-bond donors (Lipinski definition) is 0. The molecule has 1 aliphatic carbocycles. The van der Waals surface area contributed by atoms with E-state index in [0.29, 0.717) is 5.41 Å². The Labute approximate surface area is 118 Å². The third-order valence-corrected chi connectivity index (χ3v) is 5.42. The molecule has 2 heterocycles. The molecule has 19 heavy (non-hydrogen) atoms. The lowest BCUT2D eigenvalue weighted by molar-refractivity contribution is 0.278. The minimum Gasteiger partial charge on any atom is -0.296 e. The van der Waals surface area contributed by atoms with E-state index in [2.05, 4.69) is 41.5 Å². The molecule has 1 aromatic heterocycles. The molecule has 4 rings (SSSR count). The number of piperidine rings is 1. The van der Waals surface area contributed by atoms with Crippen molar-refractivity contribution in [3.05, 3.63) is 40.7 Å². The zero-order valence-corrected chi connectivity index (χ0v) is 12.0. The van der Waals surface area contributed by atoms with Crippen molar-refractivity contribution < 1.29 is 0 Å². The third kappa shape index (κ3) is 2.11. The van der Waals surface area contributed by atoms with Crippen LogP contribution in [0.2, 0.25) is 0 Å². The molecule has 2 fully saturated rings. The maximum Gasteiger partial charge on any atom is 0.107 e. The highest BCUT2D eigenvalue weighted by atomic mass is 32.1. The Bertz CT molecular complexity index is 592. The summed E-state index contributed by atoms with van der Waals surface area (Å²) < 4.78 is 0. The summed E-state index contributed by atoms with van der Waals surface area (Å²) in [5.74, 6) is 0.959. The summed E-state index contributed by atoms with van der Waals surface area (Å²) >= 11 is 1.79. The van der Waals surface area contributed by atoms with Gasteiger partial charge < -0.3 is 0 Å². The molecule has 3 heteroatoms. The van der Waals surface area contributed by atoms with Crippen molar-refractivity contribution in [3.63, 3.8) is 0 Å². The van der Waals surface area contributed by atoms with E-state index in [1.165, 1.54) is 30.1 Å². The highest BCUT2D eigenvalue weighted by Gasteiger charge is 2.55. The van der Waals surface area contributed by atoms with E-state index in [1.54, 1.807) is 11.3 Å². The van der Waals surface area contributed by atoms with Crippen molar-refractivity contribution >= 4 is 11.3 Å². The van der Waals surface area contributed by atoms with Gasteiger partial charge in [0.2, 0.25) is 0 Å². The molecule has 2 aliphatic rings. The van der Waals surface area contributed by atoms with Crippen molar-refractivity contribution in [2.75, 3.05) is 13.1 Å². The van der Waals surface area contributed by atoms with Crippen LogP contribution >= 0.6 is 11.3 Å². The van der Waals surface area contributed by atoms with Gasteiger partial charge in [-0.1, -0.05) is 37.3 Å². The summed E-state index contributed by atoms with van der Waals surface area (Å²) in [5, 5.41) is 3.44. The van der Waals surface area contributed by atoms with Crippen LogP contribution in [0.1, 0.15) is 18.4 Å². The Morgan fingerprint density at radius 2 is 2.21 bits per heavy atom. The quantitative estimate of drug-likeness (QED) is 0.846. The average Bonchev–Trinajstić information content (AvgIpc) is 2.79. The number of benzene rings is 1. The lowest BCUT2D eigenvalue weighted by Crippen LogP contribution is -2.23. The topological polar surface area (TPSA) is 16.1 Å². The minimum atomic E-state index is 0.638. The highest BCUT2D eigenvalue weighted by Crippen LogP contribution is 2.57. The summed E-state index contributed by atoms with van der Waals surface area (Å²) in [6, 6.07) is 10.5. The minimum absolute atomic E-state index is 0.638. The van der Waals surface area contributed by atoms with Gasteiger partial charge in [0, 0.05) is 24.0 Å². The van der Waals surface area contributed by atoms with Crippen LogP contribution in [0, 0.1) is 11.3 Å². The van der Waals surface area contributed by atoms with Crippen LogP contribution < -0.4 is 0 Å². The van der Waals surface area contributed by atoms with E-state index < -0.39 is 0 Å². The second-order valence-corrected chi connectivity index (χ2v) is 7.16. The maximum atomic E-state index is 4.78. The zero-order chi connectivity index (χ0) is 12.9. The van der Waals surface area contributed by atoms with E-state index in [4.69, 9.17) is 4.98 Å². The normalized spacial score (nSPS) is 29.4. The predicted molar refractivity (Wildman–Crippen MR) is 79.0 cm³/mol. The summed E-state index contributed by atoms with van der Waals surface area (Å²) in [6.07, 6.45) is 1.44. The summed E-state index contributed by atoms with van der Waals surface area (Å²) in [5.41, 5.74) is 2.98. The molecule has 98 valence electrons. The number of hydrogen-bond acceptors (Lipinski definition) is 3. The summed E-state index contributed by atoms with van der Waals surface area (Å²) in [7, 11) is 0. The predicted octanol–water partition coefficient (Wildman–Crippen LogP) is 3.65. The van der Waals surface area contributed by atoms with Crippen molar-refractivity contribution in [1.82, 2.24) is 9.88 Å². The van der Waals surface area contributed by atoms with Crippen LogP contribution in [0.15, 0.2) is 35.7 Å². The fraction of sp³-hybridized carbons (Fsp3) is 0.438. The van der Waals surface area contributed by atoms with E-state index in [0.717, 1.165) is 18.2 Å². The number of aromatic nitrogens is 1. The highest BCUT2D eigenvalue weighted by molar-refractivity contribution is 7.09. The zero-order valence-electron chi connectivity index (χ0n) is 11.2. The fourth-order valence-corrected chi connectivity index (χ4v) is 4.15. The number of fused-ring (bicyclic) bond motifs is 1. The van der Waals surface area contributed by atoms with E-state index in [-0.39, 0.29) is 0 Å². The van der Waals surface area contributed by atoms with Crippen LogP contribution in [-0.2, 0) is 6.54 Å². The lowest BCUT2D eigenvalue weighted by Gasteiger charge is -2.17. The summed E-state index contributed by atoms with van der Waals surface area (Å²) in [4.78, 5) is 7.35. The van der Waals surface area contributed by atoms with Gasteiger partial charge in [0.15, 0.2) is 0 Å². The Balaban J connectivity index is 1.47. The largest absolute Gasteiger partial charge is 0.296 e. The maximum absolute atomic E-state index is 4.78. The smallest absolute Gasteiger partial charge is 0.107 e. The number of rotatable bonds is 3. The number of thiazole rings is 1. The first-order valence-electron chi connectivity index (χ1n) is 6.95. The molecule has 2 atom stereocenters. The lowest BCUT2D eigenvalue weighted by atomic mass is 10.1. The Morgan fingerprint density at radius 3 is 2.95 bits per heavy atom. The Morgan fingerprint density at radius 1 is 1.37 bits per heavy atom. The van der Waals surface area contributed by atoms with Crippen LogP contribution in [-0.4, -0.2) is 23.0 Å². The molecule has 0 N–H and O–H groups in total. The van der Waals surface area contributed by atoms with Gasteiger partial charge in [-0.2, -0.15) is 0 Å². The molecule has 0 bridgehead atoms. The van der Waals surface area contributed by atoms with Crippen molar-refractivity contribution in [1.29, 1.82) is 0 Å². The van der Waals surface area contributed by atoms with Crippen molar-refractivity contribution in [2.24, 2.45) is 11.3 Å². The van der Waals surface area contributed by atoms with Crippen LogP contribution in [0.3, 0.4) is 0 Å². The SMILES string of the molecule is CC12CC1CN(Cc1nc(-c3ccccc3)cs1)C2. The van der Waals surface area contributed by atoms with Gasteiger partial charge in [-0.05, 0) is 17.8 Å². The van der Waals surface area contributed by atoms with E-state index in [1.807, 2.05) is 6.07 Å². The standard InChI is InChI=1S/C16H18N2S/c1-16-7-13(16)8-18(11-16)9-15-17-14(10-19-15)12-5-3-2-4-6-12/h2-6,10,13H,7-9,11H2,1H3. The number of likely N-dealkylation sites (tertiary alicyclic amines) is 1. The third-order valence-electron chi connectivity index (χ3n) is 4.58. The molecule has 2 aromatic rings. The first-order chi connectivity index (χ1) is 9.23. The van der Waals surface area contributed by atoms with E-state index in [9.17, 15) is 0 Å². The second kappa shape index (κ2) is 4.15. The van der Waals surface area contributed by atoms with Crippen LogP contribution in [0.4, 0.5) is 0 Å². The Kier molecular flexibility index (Phi) is 2.54. The molecule has 0 spiro atoms. The molecule has 0 amide bonds. The average molecular weight is 270 g/mol. The van der Waals surface area contributed by atoms with Gasteiger partial charge in [-0.3, -0.25) is 4.90 Å². The summed E-state index contributed by atoms with van der Waals surface area (Å²) in [6.45, 7) is 5.99. The molecule has 1 saturated heterocycles. The number of nitrogens with zero attached hydrogens (tertiary/aromatic N) is 2. The molecule has 1 aliphatic heterocycles. The molecule has 0 radical (unpaired) electrons. The molecular formula is C16H18N2S. The van der Waals surface area contributed by atoms with Crippen LogP contribution in [0.25, 0.3) is 11.3 Å². The molecular weight excluding hydrogens is 252 g/mol. The Hall–Kier alpha value is -1.19. The molecule has 1 saturated carbocycles. The molecule has 2 unspecified atom stereocenters. The van der Waals surface area contributed by atoms with Gasteiger partial charge in [-0.25, -0.2) is 4.98 Å². The molecule has 2 nitrogen and oxygen atoms in total. The fourth-order valence-electron chi connectivity index (χ4n) is 3.31. The van der Waals surface area contributed by atoms with Gasteiger partial charge in [-0.15, -0.1) is 11.3 Å². The van der Waals surface area contributed by atoms with Gasteiger partial charge >= 0.3 is 0 Å². The monoisotopic (exact) mass is 270 g/mol. The first kappa shape index (κ1) is 11.6. The van der Waals surface area contributed by atoms with Crippen molar-refractivity contribution in [2.45, 2.75) is 19.9 Å². The van der Waals surface area contributed by atoms with Gasteiger partial charge in [0.05, 0.1) is 12.2 Å². The van der Waals surface area contributed by atoms with Crippen LogP contribution in [0.5, 0.6) is 0 Å². The van der Waals surface area contributed by atoms with Gasteiger partial charge in [0.25, 0.3) is 0 Å². The van der Waals surface area contributed by atoms with Crippen molar-refractivity contribution in [3.8, 4) is 11.3 Å². The second-order valence-electron chi connectivity index (χ2n) is 6.22. The van der Waals surface area contributed by atoms with Gasteiger partial charge in [0.1, 0.15) is 5.01 Å². The van der Waals surface area contributed by atoms with E-state index >= 15 is 0 Å². The molecule has 1 aromatic carbocycles. The first-order valence-corrected chi connectivity index (χ1v) is 7.83.